The second kappa shape index (κ2) is 5.87. The number of carbonyl (C=O) groups excluding carboxylic acids is 1. The van der Waals surface area contributed by atoms with Crippen molar-refractivity contribution in [3.05, 3.63) is 34.6 Å². The Balaban J connectivity index is 2.04. The highest BCUT2D eigenvalue weighted by atomic mass is 32.2. The number of benzene rings is 1. The summed E-state index contributed by atoms with van der Waals surface area (Å²) >= 11 is 1.69. The average molecular weight is 266 g/mol. The monoisotopic (exact) mass is 266 g/mol. The molecule has 1 nitrogen and oxygen atoms in total. The van der Waals surface area contributed by atoms with Crippen LogP contribution >= 0.6 is 11.8 Å². The third kappa shape index (κ3) is 3.14. The molecule has 0 spiro atoms. The van der Waals surface area contributed by atoms with Crippen molar-refractivity contribution in [2.75, 3.05) is 5.75 Å². The molecule has 1 aliphatic carbocycles. The van der Waals surface area contributed by atoms with E-state index in [4.69, 9.17) is 0 Å². The summed E-state index contributed by atoms with van der Waals surface area (Å²) in [5.74, 6) is -0.0303. The number of carbonyl (C=O) groups is 1. The number of hydrogen-bond acceptors (Lipinski definition) is 2. The fraction of sp³-hybridized carbons (Fsp3) is 0.533. The molecule has 3 heteroatoms. The third-order valence-corrected chi connectivity index (χ3v) is 4.83. The Bertz CT molecular complexity index is 427. The van der Waals surface area contributed by atoms with Gasteiger partial charge in [-0.15, -0.1) is 0 Å². The van der Waals surface area contributed by atoms with Gasteiger partial charge in [0, 0.05) is 5.25 Å². The summed E-state index contributed by atoms with van der Waals surface area (Å²) in [6.45, 7) is 3.65. The summed E-state index contributed by atoms with van der Waals surface area (Å²) in [6.07, 6.45) is 4.94. The molecule has 0 saturated heterocycles. The Morgan fingerprint density at radius 3 is 2.61 bits per heavy atom. The highest BCUT2D eigenvalue weighted by Gasteiger charge is 2.20. The molecule has 18 heavy (non-hydrogen) atoms. The Morgan fingerprint density at radius 2 is 2.00 bits per heavy atom. The molecule has 2 rings (SSSR count). The lowest BCUT2D eigenvalue weighted by Gasteiger charge is -2.10. The van der Waals surface area contributed by atoms with Crippen molar-refractivity contribution in [1.29, 1.82) is 0 Å². The predicted octanol–water partition coefficient (Wildman–Crippen LogP) is 4.30. The van der Waals surface area contributed by atoms with E-state index >= 15 is 0 Å². The van der Waals surface area contributed by atoms with Crippen molar-refractivity contribution < 1.29 is 9.18 Å². The fourth-order valence-electron chi connectivity index (χ4n) is 2.59. The van der Waals surface area contributed by atoms with E-state index < -0.39 is 0 Å². The zero-order chi connectivity index (χ0) is 13.1. The van der Waals surface area contributed by atoms with E-state index in [0.29, 0.717) is 11.0 Å². The van der Waals surface area contributed by atoms with Crippen LogP contribution in [-0.2, 0) is 0 Å². The van der Waals surface area contributed by atoms with Gasteiger partial charge in [0.05, 0.1) is 11.3 Å². The Labute approximate surface area is 112 Å². The van der Waals surface area contributed by atoms with Crippen molar-refractivity contribution in [1.82, 2.24) is 0 Å². The number of halogens is 1. The molecule has 0 aromatic heterocycles. The second-order valence-electron chi connectivity index (χ2n) is 5.08. The first-order valence-corrected chi connectivity index (χ1v) is 7.54. The van der Waals surface area contributed by atoms with Crippen molar-refractivity contribution in [2.45, 2.75) is 44.8 Å². The summed E-state index contributed by atoms with van der Waals surface area (Å²) in [7, 11) is 0. The maximum atomic E-state index is 13.8. The SMILES string of the molecule is Cc1cc(C)c(C(=O)CSC2CCCC2)c(F)c1. The fourth-order valence-corrected chi connectivity index (χ4v) is 3.79. The first-order valence-electron chi connectivity index (χ1n) is 6.49. The van der Waals surface area contributed by atoms with Gasteiger partial charge < -0.3 is 0 Å². The van der Waals surface area contributed by atoms with E-state index in [2.05, 4.69) is 0 Å². The number of rotatable bonds is 4. The van der Waals surface area contributed by atoms with Crippen molar-refractivity contribution in [3.63, 3.8) is 0 Å². The number of hydrogen-bond donors (Lipinski definition) is 0. The van der Waals surface area contributed by atoms with Gasteiger partial charge >= 0.3 is 0 Å². The highest BCUT2D eigenvalue weighted by molar-refractivity contribution is 8.00. The minimum atomic E-state index is -0.371. The Morgan fingerprint density at radius 1 is 1.33 bits per heavy atom. The van der Waals surface area contributed by atoms with Crippen LogP contribution in [0.25, 0.3) is 0 Å². The zero-order valence-electron chi connectivity index (χ0n) is 11.0. The van der Waals surface area contributed by atoms with Crippen LogP contribution in [0.3, 0.4) is 0 Å². The van der Waals surface area contributed by atoms with E-state index in [0.717, 1.165) is 11.1 Å². The van der Waals surface area contributed by atoms with Crippen molar-refractivity contribution in [2.24, 2.45) is 0 Å². The molecule has 1 aromatic carbocycles. The molecule has 0 unspecified atom stereocenters. The number of ketones is 1. The van der Waals surface area contributed by atoms with Gasteiger partial charge in [-0.1, -0.05) is 18.9 Å². The van der Waals surface area contributed by atoms with E-state index in [1.54, 1.807) is 11.8 Å². The molecule has 1 saturated carbocycles. The Kier molecular flexibility index (Phi) is 4.44. The van der Waals surface area contributed by atoms with Crippen LogP contribution in [0, 0.1) is 19.7 Å². The summed E-state index contributed by atoms with van der Waals surface area (Å²) in [4.78, 5) is 12.1. The lowest BCUT2D eigenvalue weighted by molar-refractivity contribution is 0.101. The molecule has 1 aromatic rings. The lowest BCUT2D eigenvalue weighted by Crippen LogP contribution is -2.10. The van der Waals surface area contributed by atoms with Gasteiger partial charge in [0.1, 0.15) is 5.82 Å². The van der Waals surface area contributed by atoms with Gasteiger partial charge in [-0.25, -0.2) is 4.39 Å². The van der Waals surface area contributed by atoms with E-state index in [1.807, 2.05) is 19.9 Å². The van der Waals surface area contributed by atoms with Gasteiger partial charge in [0.25, 0.3) is 0 Å². The molecule has 0 heterocycles. The smallest absolute Gasteiger partial charge is 0.175 e. The van der Waals surface area contributed by atoms with Gasteiger partial charge in [-0.2, -0.15) is 11.8 Å². The molecule has 0 radical (unpaired) electrons. The number of aryl methyl sites for hydroxylation is 2. The summed E-state index contributed by atoms with van der Waals surface area (Å²) in [6, 6.07) is 3.32. The molecule has 0 atom stereocenters. The van der Waals surface area contributed by atoms with Crippen LogP contribution in [-0.4, -0.2) is 16.8 Å². The molecule has 0 aliphatic heterocycles. The van der Waals surface area contributed by atoms with Crippen LogP contribution in [0.5, 0.6) is 0 Å². The van der Waals surface area contributed by atoms with E-state index in [9.17, 15) is 9.18 Å². The molecule has 0 bridgehead atoms. The molecule has 98 valence electrons. The summed E-state index contributed by atoms with van der Waals surface area (Å²) < 4.78 is 13.8. The maximum Gasteiger partial charge on any atom is 0.175 e. The largest absolute Gasteiger partial charge is 0.293 e. The third-order valence-electron chi connectivity index (χ3n) is 3.46. The van der Waals surface area contributed by atoms with Gasteiger partial charge in [-0.05, 0) is 43.9 Å². The quantitative estimate of drug-likeness (QED) is 0.756. The minimum Gasteiger partial charge on any atom is -0.293 e. The maximum absolute atomic E-state index is 13.8. The van der Waals surface area contributed by atoms with Gasteiger partial charge in [0.2, 0.25) is 0 Å². The van der Waals surface area contributed by atoms with Crippen LogP contribution in [0.1, 0.15) is 47.2 Å². The summed E-state index contributed by atoms with van der Waals surface area (Å²) in [5, 5.41) is 0.600. The average Bonchev–Trinajstić information content (AvgIpc) is 2.77. The highest BCUT2D eigenvalue weighted by Crippen LogP contribution is 2.30. The Hall–Kier alpha value is -0.830. The molecule has 1 aliphatic rings. The molecule has 0 N–H and O–H groups in total. The van der Waals surface area contributed by atoms with Gasteiger partial charge in [-0.3, -0.25) is 4.79 Å². The van der Waals surface area contributed by atoms with E-state index in [1.165, 1.54) is 31.7 Å². The topological polar surface area (TPSA) is 17.1 Å². The first kappa shape index (κ1) is 13.6. The summed E-state index contributed by atoms with van der Waals surface area (Å²) in [5.41, 5.74) is 1.90. The number of Topliss-reactive ketones (excluding diaryl/α,β-unsaturated/α-hetero) is 1. The molecular weight excluding hydrogens is 247 g/mol. The van der Waals surface area contributed by atoms with Crippen molar-refractivity contribution in [3.8, 4) is 0 Å². The van der Waals surface area contributed by atoms with E-state index in [-0.39, 0.29) is 17.2 Å². The van der Waals surface area contributed by atoms with Crippen molar-refractivity contribution >= 4 is 17.5 Å². The van der Waals surface area contributed by atoms with Crippen LogP contribution in [0.4, 0.5) is 4.39 Å². The second-order valence-corrected chi connectivity index (χ2v) is 6.37. The normalized spacial score (nSPS) is 16.2. The van der Waals surface area contributed by atoms with Crippen LogP contribution in [0.15, 0.2) is 12.1 Å². The minimum absolute atomic E-state index is 0.0677. The first-order chi connectivity index (χ1) is 8.58. The molecular formula is C15H19FOS. The van der Waals surface area contributed by atoms with Crippen LogP contribution in [0.2, 0.25) is 0 Å². The zero-order valence-corrected chi connectivity index (χ0v) is 11.8. The van der Waals surface area contributed by atoms with Crippen LogP contribution < -0.4 is 0 Å². The molecule has 0 amide bonds. The predicted molar refractivity (Wildman–Crippen MR) is 74.9 cm³/mol. The van der Waals surface area contributed by atoms with Gasteiger partial charge in [0.15, 0.2) is 5.78 Å². The molecule has 1 fully saturated rings. The lowest BCUT2D eigenvalue weighted by atomic mass is 10.0. The standard InChI is InChI=1S/C15H19FOS/c1-10-7-11(2)15(13(16)8-10)14(17)9-18-12-5-3-4-6-12/h7-8,12H,3-6,9H2,1-2H3. The number of thioether (sulfide) groups is 1.